The van der Waals surface area contributed by atoms with E-state index in [-0.39, 0.29) is 5.91 Å². The van der Waals surface area contributed by atoms with Gasteiger partial charge in [-0.25, -0.2) is 19.9 Å². The van der Waals surface area contributed by atoms with Crippen molar-refractivity contribution in [2.45, 2.75) is 31.7 Å². The topological polar surface area (TPSA) is 75.1 Å². The van der Waals surface area contributed by atoms with Gasteiger partial charge in [0.25, 0.3) is 0 Å². The lowest BCUT2D eigenvalue weighted by Gasteiger charge is -2.37. The van der Waals surface area contributed by atoms with Crippen LogP contribution in [0.15, 0.2) is 49.1 Å². The Hall–Kier alpha value is -3.35. The Morgan fingerprint density at radius 2 is 1.83 bits per heavy atom. The summed E-state index contributed by atoms with van der Waals surface area (Å²) in [6.45, 7) is 0.363. The van der Waals surface area contributed by atoms with E-state index in [1.54, 1.807) is 30.7 Å². The van der Waals surface area contributed by atoms with Crippen molar-refractivity contribution < 1.29 is 4.79 Å². The summed E-state index contributed by atoms with van der Waals surface area (Å²) in [7, 11) is 1.79. The van der Waals surface area contributed by atoms with Crippen LogP contribution in [0.25, 0.3) is 22.6 Å². The average molecular weight is 386 g/mol. The second kappa shape index (κ2) is 7.24. The van der Waals surface area contributed by atoms with E-state index in [4.69, 9.17) is 4.98 Å². The number of benzene rings is 1. The molecule has 0 atom stereocenters. The highest BCUT2D eigenvalue weighted by Crippen LogP contribution is 2.37. The first-order chi connectivity index (χ1) is 14.2. The fourth-order valence-electron chi connectivity index (χ4n) is 4.24. The summed E-state index contributed by atoms with van der Waals surface area (Å²) in [5.74, 6) is 1.48. The third-order valence-corrected chi connectivity index (χ3v) is 5.83. The quantitative estimate of drug-likeness (QED) is 0.687. The van der Waals surface area contributed by atoms with E-state index >= 15 is 0 Å². The predicted molar refractivity (Wildman–Crippen MR) is 112 cm³/mol. The third kappa shape index (κ3) is 3.12. The van der Waals surface area contributed by atoms with Gasteiger partial charge in [-0.2, -0.15) is 0 Å². The van der Waals surface area contributed by atoms with Crippen LogP contribution in [-0.2, 0) is 4.79 Å². The first kappa shape index (κ1) is 17.7. The van der Waals surface area contributed by atoms with Gasteiger partial charge in [0.1, 0.15) is 12.0 Å². The Kier molecular flexibility index (Phi) is 4.42. The molecule has 3 aromatic rings. The van der Waals surface area contributed by atoms with Gasteiger partial charge in [0.05, 0.1) is 24.0 Å². The zero-order valence-electron chi connectivity index (χ0n) is 16.3. The van der Waals surface area contributed by atoms with Crippen molar-refractivity contribution in [3.63, 3.8) is 0 Å². The third-order valence-electron chi connectivity index (χ3n) is 5.83. The molecule has 7 nitrogen and oxygen atoms in total. The summed E-state index contributed by atoms with van der Waals surface area (Å²) in [4.78, 5) is 34.6. The second-order valence-electron chi connectivity index (χ2n) is 7.57. The van der Waals surface area contributed by atoms with Crippen molar-refractivity contribution in [3.8, 4) is 22.6 Å². The van der Waals surface area contributed by atoms with Crippen molar-refractivity contribution >= 4 is 17.4 Å². The number of hydrogen-bond donors (Lipinski definition) is 0. The summed E-state index contributed by atoms with van der Waals surface area (Å²) in [6.07, 6.45) is 9.64. The number of carbonyl (C=O) groups excluding carboxylic acids is 1. The maximum absolute atomic E-state index is 12.5. The summed E-state index contributed by atoms with van der Waals surface area (Å²) in [6, 6.07) is 10.3. The monoisotopic (exact) mass is 386 g/mol. The molecule has 5 rings (SSSR count). The van der Waals surface area contributed by atoms with Gasteiger partial charge in [0.2, 0.25) is 5.91 Å². The Balaban J connectivity index is 1.63. The smallest absolute Gasteiger partial charge is 0.246 e. The molecule has 146 valence electrons. The van der Waals surface area contributed by atoms with Crippen molar-refractivity contribution in [1.82, 2.24) is 19.9 Å². The van der Waals surface area contributed by atoms with E-state index < -0.39 is 0 Å². The molecule has 0 saturated heterocycles. The molecule has 0 unspecified atom stereocenters. The Bertz CT molecular complexity index is 1050. The lowest BCUT2D eigenvalue weighted by atomic mass is 10.1. The van der Waals surface area contributed by atoms with Gasteiger partial charge in [0.15, 0.2) is 11.6 Å². The van der Waals surface area contributed by atoms with Crippen molar-refractivity contribution in [2.24, 2.45) is 0 Å². The van der Waals surface area contributed by atoms with Crippen LogP contribution >= 0.6 is 0 Å². The molecule has 0 radical (unpaired) electrons. The lowest BCUT2D eigenvalue weighted by molar-refractivity contribution is -0.117. The minimum atomic E-state index is 0.0776. The second-order valence-corrected chi connectivity index (χ2v) is 7.57. The number of nitrogens with zero attached hydrogens (tertiary/aromatic N) is 6. The molecule has 0 N–H and O–H groups in total. The van der Waals surface area contributed by atoms with Gasteiger partial charge in [-0.15, -0.1) is 0 Å². The van der Waals surface area contributed by atoms with Gasteiger partial charge in [0, 0.05) is 24.8 Å². The number of hydrogen-bond acceptors (Lipinski definition) is 6. The van der Waals surface area contributed by atoms with E-state index in [1.807, 2.05) is 30.3 Å². The molecular weight excluding hydrogens is 364 g/mol. The van der Waals surface area contributed by atoms with Gasteiger partial charge >= 0.3 is 0 Å². The summed E-state index contributed by atoms with van der Waals surface area (Å²) in [5.41, 5.74) is 3.34. The van der Waals surface area contributed by atoms with Crippen molar-refractivity contribution in [3.05, 3.63) is 49.1 Å². The molecule has 3 heterocycles. The first-order valence-electron chi connectivity index (χ1n) is 9.98. The fraction of sp³-hybridized carbons (Fsp3) is 0.318. The molecule has 2 aromatic heterocycles. The summed E-state index contributed by atoms with van der Waals surface area (Å²) >= 11 is 0. The van der Waals surface area contributed by atoms with Crippen molar-refractivity contribution in [2.75, 3.05) is 23.4 Å². The Labute approximate surface area is 169 Å². The van der Waals surface area contributed by atoms with Gasteiger partial charge < -0.3 is 9.80 Å². The fourth-order valence-corrected chi connectivity index (χ4v) is 4.24. The maximum Gasteiger partial charge on any atom is 0.246 e. The highest BCUT2D eigenvalue weighted by atomic mass is 16.2. The van der Waals surface area contributed by atoms with Crippen LogP contribution in [-0.4, -0.2) is 45.5 Å². The molecule has 1 fully saturated rings. The van der Waals surface area contributed by atoms with Gasteiger partial charge in [-0.05, 0) is 12.8 Å². The minimum absolute atomic E-state index is 0.0776. The molecule has 1 saturated carbocycles. The Morgan fingerprint density at radius 3 is 2.62 bits per heavy atom. The maximum atomic E-state index is 12.5. The van der Waals surface area contributed by atoms with Gasteiger partial charge in [-0.3, -0.25) is 4.79 Å². The molecule has 7 heteroatoms. The normalized spacial score (nSPS) is 16.9. The Morgan fingerprint density at radius 1 is 1.03 bits per heavy atom. The number of fused-ring (bicyclic) bond motifs is 1. The number of likely N-dealkylation sites (N-methyl/N-ethyl adjacent to an activating group) is 1. The van der Waals surface area contributed by atoms with Crippen LogP contribution in [0.2, 0.25) is 0 Å². The lowest BCUT2D eigenvalue weighted by Crippen LogP contribution is -2.48. The zero-order valence-corrected chi connectivity index (χ0v) is 16.3. The van der Waals surface area contributed by atoms with Crippen LogP contribution < -0.4 is 9.80 Å². The molecule has 1 amide bonds. The van der Waals surface area contributed by atoms with E-state index in [0.717, 1.165) is 41.2 Å². The molecule has 1 aliphatic heterocycles. The summed E-state index contributed by atoms with van der Waals surface area (Å²) < 4.78 is 0. The number of aromatic nitrogens is 4. The molecule has 1 aromatic carbocycles. The van der Waals surface area contributed by atoms with Crippen LogP contribution in [0.1, 0.15) is 25.7 Å². The average Bonchev–Trinajstić information content (AvgIpc) is 3.31. The van der Waals surface area contributed by atoms with Gasteiger partial charge in [-0.1, -0.05) is 43.2 Å². The number of anilines is 2. The van der Waals surface area contributed by atoms with Crippen molar-refractivity contribution in [1.29, 1.82) is 0 Å². The van der Waals surface area contributed by atoms with E-state index in [2.05, 4.69) is 19.9 Å². The number of rotatable bonds is 3. The van der Waals surface area contributed by atoms with E-state index in [9.17, 15) is 4.79 Å². The predicted octanol–water partition coefficient (Wildman–Crippen LogP) is 3.33. The molecule has 1 aliphatic carbocycles. The first-order valence-corrected chi connectivity index (χ1v) is 9.98. The van der Waals surface area contributed by atoms with Crippen LogP contribution in [0, 0.1) is 0 Å². The number of amides is 1. The zero-order chi connectivity index (χ0) is 19.8. The minimum Gasteiger partial charge on any atom is -0.342 e. The largest absolute Gasteiger partial charge is 0.342 e. The van der Waals surface area contributed by atoms with Crippen LogP contribution in [0.4, 0.5) is 11.5 Å². The van der Waals surface area contributed by atoms with E-state index in [0.29, 0.717) is 18.4 Å². The molecule has 0 bridgehead atoms. The van der Waals surface area contributed by atoms with Crippen LogP contribution in [0.5, 0.6) is 0 Å². The standard InChI is InChI=1S/C22H22N6O/c1-27-18-12-24-21(17-11-23-14-25-20(17)15-7-3-2-4-8-15)26-22(18)28(13-19(27)29)16-9-5-6-10-16/h2-4,7-8,11-12,14,16H,5-6,9-10,13H2,1H3. The number of carbonyl (C=O) groups is 1. The SMILES string of the molecule is CN1C(=O)CN(C2CCCC2)c2nc(-c3cncnc3-c3ccccc3)ncc21. The summed E-state index contributed by atoms with van der Waals surface area (Å²) in [5, 5.41) is 0. The molecule has 29 heavy (non-hydrogen) atoms. The highest BCUT2D eigenvalue weighted by molar-refractivity contribution is 6.02. The highest BCUT2D eigenvalue weighted by Gasteiger charge is 2.34. The van der Waals surface area contributed by atoms with E-state index in [1.165, 1.54) is 12.8 Å². The molecular formula is C22H22N6O. The molecule has 2 aliphatic rings. The molecule has 0 spiro atoms. The van der Waals surface area contributed by atoms with Crippen LogP contribution in [0.3, 0.4) is 0 Å².